The Bertz CT molecular complexity index is 1370. The van der Waals surface area contributed by atoms with Gasteiger partial charge >= 0.3 is 0 Å². The van der Waals surface area contributed by atoms with E-state index < -0.39 is 0 Å². The van der Waals surface area contributed by atoms with Crippen molar-refractivity contribution >= 4 is 38.5 Å². The molecule has 0 aliphatic heterocycles. The van der Waals surface area contributed by atoms with E-state index in [-0.39, 0.29) is 11.7 Å². The van der Waals surface area contributed by atoms with Gasteiger partial charge in [0, 0.05) is 19.6 Å². The number of amides is 1. The fourth-order valence-corrected chi connectivity index (χ4v) is 4.71. The van der Waals surface area contributed by atoms with Crippen LogP contribution in [-0.4, -0.2) is 26.6 Å². The quantitative estimate of drug-likeness (QED) is 0.366. The second kappa shape index (κ2) is 8.35. The van der Waals surface area contributed by atoms with Crippen LogP contribution in [0.5, 0.6) is 0 Å². The minimum Gasteiger partial charge on any atom is -0.351 e. The standard InChI is InChI=1S/C24H21FN4OS/c25-18-6-3-5-17(13-18)15-29-21-9-12-31-23(21)14-22(29)24(30)26-10-4-11-28-16-27-19-7-1-2-8-20(19)28/h1-3,5-9,12-14,16H,4,10-11,15H2,(H,26,30). The summed E-state index contributed by atoms with van der Waals surface area (Å²) in [6.07, 6.45) is 2.63. The molecular weight excluding hydrogens is 411 g/mol. The third-order valence-corrected chi connectivity index (χ3v) is 6.23. The first-order valence-electron chi connectivity index (χ1n) is 10.2. The maximum absolute atomic E-state index is 13.6. The van der Waals surface area contributed by atoms with Crippen LogP contribution in [0.2, 0.25) is 0 Å². The molecule has 1 amide bonds. The lowest BCUT2D eigenvalue weighted by atomic mass is 10.2. The maximum Gasteiger partial charge on any atom is 0.267 e. The molecule has 31 heavy (non-hydrogen) atoms. The Morgan fingerprint density at radius 2 is 1.97 bits per heavy atom. The molecule has 0 aliphatic rings. The van der Waals surface area contributed by atoms with Crippen molar-refractivity contribution in [2.75, 3.05) is 6.54 Å². The summed E-state index contributed by atoms with van der Waals surface area (Å²) in [6.45, 7) is 1.78. The number of nitrogens with zero attached hydrogens (tertiary/aromatic N) is 3. The lowest BCUT2D eigenvalue weighted by Crippen LogP contribution is -2.27. The summed E-state index contributed by atoms with van der Waals surface area (Å²) < 4.78 is 18.7. The lowest BCUT2D eigenvalue weighted by Gasteiger charge is -2.11. The number of aromatic nitrogens is 3. The Hall–Kier alpha value is -3.45. The summed E-state index contributed by atoms with van der Waals surface area (Å²) >= 11 is 1.60. The van der Waals surface area contributed by atoms with E-state index in [0.29, 0.717) is 18.8 Å². The van der Waals surface area contributed by atoms with Crippen molar-refractivity contribution in [2.24, 2.45) is 0 Å². The molecule has 3 aromatic heterocycles. The summed E-state index contributed by atoms with van der Waals surface area (Å²) in [7, 11) is 0. The molecule has 0 spiro atoms. The van der Waals surface area contributed by atoms with E-state index in [1.165, 1.54) is 12.1 Å². The predicted molar refractivity (Wildman–Crippen MR) is 122 cm³/mol. The van der Waals surface area contributed by atoms with Crippen molar-refractivity contribution < 1.29 is 9.18 Å². The fraction of sp³-hybridized carbons (Fsp3) is 0.167. The van der Waals surface area contributed by atoms with Crippen LogP contribution in [0, 0.1) is 5.82 Å². The zero-order valence-corrected chi connectivity index (χ0v) is 17.6. The van der Waals surface area contributed by atoms with E-state index in [9.17, 15) is 9.18 Å². The number of halogens is 1. The number of carbonyl (C=O) groups excluding carboxylic acids is 1. The molecule has 5 nitrogen and oxygen atoms in total. The number of nitrogens with one attached hydrogen (secondary N) is 1. The number of imidazole rings is 1. The topological polar surface area (TPSA) is 51.9 Å². The van der Waals surface area contributed by atoms with Gasteiger partial charge in [-0.25, -0.2) is 9.37 Å². The minimum atomic E-state index is -0.274. The van der Waals surface area contributed by atoms with Gasteiger partial charge < -0.3 is 14.5 Å². The SMILES string of the molecule is O=C(NCCCn1cnc2ccccc21)c1cc2sccc2n1Cc1cccc(F)c1. The van der Waals surface area contributed by atoms with E-state index in [1.807, 2.05) is 58.7 Å². The summed E-state index contributed by atoms with van der Waals surface area (Å²) in [5, 5.41) is 5.04. The molecule has 0 unspecified atom stereocenters. The molecule has 156 valence electrons. The molecule has 0 radical (unpaired) electrons. The van der Waals surface area contributed by atoms with Gasteiger partial charge in [-0.1, -0.05) is 24.3 Å². The summed E-state index contributed by atoms with van der Waals surface area (Å²) in [6, 6.07) is 18.4. The number of hydrogen-bond acceptors (Lipinski definition) is 3. The van der Waals surface area contributed by atoms with Gasteiger partial charge in [0.2, 0.25) is 0 Å². The minimum absolute atomic E-state index is 0.115. The van der Waals surface area contributed by atoms with Gasteiger partial charge in [0.25, 0.3) is 5.91 Å². The molecule has 2 aromatic carbocycles. The van der Waals surface area contributed by atoms with E-state index in [2.05, 4.69) is 14.9 Å². The number of carbonyl (C=O) groups is 1. The van der Waals surface area contributed by atoms with Gasteiger partial charge in [0.15, 0.2) is 0 Å². The average molecular weight is 433 g/mol. The second-order valence-corrected chi connectivity index (χ2v) is 8.40. The number of fused-ring (bicyclic) bond motifs is 2. The van der Waals surface area contributed by atoms with Crippen LogP contribution in [0.3, 0.4) is 0 Å². The van der Waals surface area contributed by atoms with E-state index in [4.69, 9.17) is 0 Å². The molecule has 0 aliphatic carbocycles. The average Bonchev–Trinajstić information content (AvgIpc) is 3.47. The summed E-state index contributed by atoms with van der Waals surface area (Å²) in [5.74, 6) is -0.389. The van der Waals surface area contributed by atoms with Crippen LogP contribution in [-0.2, 0) is 13.1 Å². The lowest BCUT2D eigenvalue weighted by molar-refractivity contribution is 0.0944. The Kier molecular flexibility index (Phi) is 5.26. The molecule has 5 aromatic rings. The van der Waals surface area contributed by atoms with E-state index >= 15 is 0 Å². The van der Waals surface area contributed by atoms with Gasteiger partial charge in [-0.15, -0.1) is 11.3 Å². The van der Waals surface area contributed by atoms with Gasteiger partial charge in [-0.2, -0.15) is 0 Å². The Labute approximate surface area is 182 Å². The highest BCUT2D eigenvalue weighted by Gasteiger charge is 2.16. The highest BCUT2D eigenvalue weighted by Crippen LogP contribution is 2.26. The molecule has 3 heterocycles. The van der Waals surface area contributed by atoms with Gasteiger partial charge in [-0.3, -0.25) is 4.79 Å². The van der Waals surface area contributed by atoms with Crippen LogP contribution in [0.1, 0.15) is 22.5 Å². The van der Waals surface area contributed by atoms with Crippen LogP contribution >= 0.6 is 11.3 Å². The zero-order valence-electron chi connectivity index (χ0n) is 16.8. The molecular formula is C24H21FN4OS. The van der Waals surface area contributed by atoms with Crippen molar-refractivity contribution in [3.63, 3.8) is 0 Å². The zero-order chi connectivity index (χ0) is 21.2. The molecule has 0 atom stereocenters. The number of thiophene rings is 1. The molecule has 5 rings (SSSR count). The Morgan fingerprint density at radius 3 is 2.87 bits per heavy atom. The van der Waals surface area contributed by atoms with Crippen LogP contribution < -0.4 is 5.32 Å². The third kappa shape index (κ3) is 3.96. The Morgan fingerprint density at radius 1 is 1.06 bits per heavy atom. The smallest absolute Gasteiger partial charge is 0.267 e. The predicted octanol–water partition coefficient (Wildman–Crippen LogP) is 5.06. The van der Waals surface area contributed by atoms with Crippen LogP contribution in [0.4, 0.5) is 4.39 Å². The molecule has 0 fully saturated rings. The van der Waals surface area contributed by atoms with Crippen molar-refractivity contribution in [1.29, 1.82) is 0 Å². The second-order valence-electron chi connectivity index (χ2n) is 7.45. The van der Waals surface area contributed by atoms with Crippen molar-refractivity contribution in [3.8, 4) is 0 Å². The first-order chi connectivity index (χ1) is 15.2. The summed E-state index contributed by atoms with van der Waals surface area (Å²) in [4.78, 5) is 17.3. The number of aryl methyl sites for hydroxylation is 1. The Balaban J connectivity index is 1.28. The van der Waals surface area contributed by atoms with E-state index in [1.54, 1.807) is 17.4 Å². The van der Waals surface area contributed by atoms with Crippen molar-refractivity contribution in [1.82, 2.24) is 19.4 Å². The number of benzene rings is 2. The van der Waals surface area contributed by atoms with Crippen molar-refractivity contribution in [2.45, 2.75) is 19.5 Å². The van der Waals surface area contributed by atoms with Gasteiger partial charge in [0.05, 0.1) is 27.6 Å². The van der Waals surface area contributed by atoms with Crippen LogP contribution in [0.15, 0.2) is 72.4 Å². The van der Waals surface area contributed by atoms with Gasteiger partial charge in [0.1, 0.15) is 11.5 Å². The third-order valence-electron chi connectivity index (χ3n) is 5.37. The highest BCUT2D eigenvalue weighted by molar-refractivity contribution is 7.17. The monoisotopic (exact) mass is 432 g/mol. The number of para-hydroxylation sites is 2. The molecule has 0 saturated carbocycles. The number of rotatable bonds is 7. The van der Waals surface area contributed by atoms with Gasteiger partial charge in [-0.05, 0) is 53.8 Å². The fourth-order valence-electron chi connectivity index (χ4n) is 3.88. The van der Waals surface area contributed by atoms with Crippen molar-refractivity contribution in [3.05, 3.63) is 89.4 Å². The molecule has 0 bridgehead atoms. The maximum atomic E-state index is 13.6. The normalized spacial score (nSPS) is 11.4. The first-order valence-corrected chi connectivity index (χ1v) is 11.1. The highest BCUT2D eigenvalue weighted by atomic mass is 32.1. The molecule has 7 heteroatoms. The summed E-state index contributed by atoms with van der Waals surface area (Å²) in [5.41, 5.74) is 4.48. The number of hydrogen-bond donors (Lipinski definition) is 1. The van der Waals surface area contributed by atoms with Crippen LogP contribution in [0.25, 0.3) is 21.3 Å². The molecule has 0 saturated heterocycles. The molecule has 1 N–H and O–H groups in total. The van der Waals surface area contributed by atoms with E-state index in [0.717, 1.165) is 39.8 Å². The first kappa shape index (κ1) is 19.5. The largest absolute Gasteiger partial charge is 0.351 e.